The molecule has 0 radical (unpaired) electrons. The molecule has 0 saturated heterocycles. The molecule has 2 N–H and O–H groups in total. The number of thiazole rings is 1. The topological polar surface area (TPSA) is 88.2 Å². The van der Waals surface area contributed by atoms with Gasteiger partial charge in [-0.3, -0.25) is 10.2 Å². The van der Waals surface area contributed by atoms with E-state index in [1.807, 2.05) is 35.2 Å². The number of nitrogens with zero attached hydrogens (tertiary/aromatic N) is 1. The van der Waals surface area contributed by atoms with Gasteiger partial charge in [0.1, 0.15) is 9.88 Å². The van der Waals surface area contributed by atoms with Gasteiger partial charge in [-0.05, 0) is 25.1 Å². The lowest BCUT2D eigenvalue weighted by Crippen LogP contribution is -2.41. The fourth-order valence-corrected chi connectivity index (χ4v) is 4.38. The van der Waals surface area contributed by atoms with Crippen molar-refractivity contribution in [1.29, 1.82) is 0 Å². The highest BCUT2D eigenvalue weighted by Gasteiger charge is 2.20. The van der Waals surface area contributed by atoms with Gasteiger partial charge in [0.15, 0.2) is 0 Å². The van der Waals surface area contributed by atoms with E-state index in [0.29, 0.717) is 15.6 Å². The van der Waals surface area contributed by atoms with Crippen LogP contribution < -0.4 is 10.3 Å². The Labute approximate surface area is 170 Å². The van der Waals surface area contributed by atoms with Crippen LogP contribution in [0.3, 0.4) is 0 Å². The molecule has 1 heterocycles. The lowest BCUT2D eigenvalue weighted by atomic mass is 10.2. The van der Waals surface area contributed by atoms with Crippen LogP contribution in [0.1, 0.15) is 15.4 Å². The molecule has 0 atom stereocenters. The number of benzene rings is 2. The van der Waals surface area contributed by atoms with E-state index in [1.165, 1.54) is 29.5 Å². The molecule has 0 fully saturated rings. The molecule has 0 bridgehead atoms. The number of amides is 1. The maximum absolute atomic E-state index is 12.4. The van der Waals surface area contributed by atoms with Gasteiger partial charge >= 0.3 is 0 Å². The second-order valence-corrected chi connectivity index (χ2v) is 8.93. The lowest BCUT2D eigenvalue weighted by Gasteiger charge is -2.08. The van der Waals surface area contributed by atoms with Crippen LogP contribution in [0.15, 0.2) is 53.4 Å². The van der Waals surface area contributed by atoms with Crippen LogP contribution in [0, 0.1) is 6.92 Å². The normalized spacial score (nSPS) is 11.4. The third-order valence-electron chi connectivity index (χ3n) is 3.52. The molecule has 0 aliphatic heterocycles. The van der Waals surface area contributed by atoms with Gasteiger partial charge in [0.25, 0.3) is 15.9 Å². The number of halogens is 2. The minimum absolute atomic E-state index is 0.0941. The Morgan fingerprint density at radius 1 is 1.07 bits per heavy atom. The molecular formula is C17H13Cl2N3O3S2. The number of aromatic nitrogens is 1. The van der Waals surface area contributed by atoms with Crippen molar-refractivity contribution >= 4 is 50.5 Å². The lowest BCUT2D eigenvalue weighted by molar-refractivity contribution is 0.0948. The van der Waals surface area contributed by atoms with Gasteiger partial charge in [-0.1, -0.05) is 53.5 Å². The van der Waals surface area contributed by atoms with Crippen molar-refractivity contribution in [2.24, 2.45) is 0 Å². The Bertz CT molecular complexity index is 1100. The number of rotatable bonds is 5. The van der Waals surface area contributed by atoms with E-state index in [9.17, 15) is 13.2 Å². The number of carbonyl (C=O) groups is 1. The number of hydrogen-bond donors (Lipinski definition) is 2. The predicted octanol–water partition coefficient (Wildman–Crippen LogP) is 4.05. The molecule has 0 unspecified atom stereocenters. The van der Waals surface area contributed by atoms with Crippen LogP contribution in [-0.2, 0) is 10.0 Å². The van der Waals surface area contributed by atoms with Crippen LogP contribution in [0.4, 0.5) is 0 Å². The van der Waals surface area contributed by atoms with Crippen LogP contribution in [-0.4, -0.2) is 19.3 Å². The molecule has 1 aromatic heterocycles. The summed E-state index contributed by atoms with van der Waals surface area (Å²) in [5.74, 6) is -0.601. The molecule has 1 amide bonds. The van der Waals surface area contributed by atoms with Crippen molar-refractivity contribution in [2.45, 2.75) is 11.8 Å². The van der Waals surface area contributed by atoms with Gasteiger partial charge in [0.05, 0.1) is 20.6 Å². The van der Waals surface area contributed by atoms with E-state index in [2.05, 4.69) is 10.4 Å². The van der Waals surface area contributed by atoms with E-state index in [4.69, 9.17) is 23.2 Å². The monoisotopic (exact) mass is 441 g/mol. The Hall–Kier alpha value is -1.97. The van der Waals surface area contributed by atoms with Gasteiger partial charge < -0.3 is 0 Å². The van der Waals surface area contributed by atoms with Crippen molar-refractivity contribution in [3.63, 3.8) is 0 Å². The Kier molecular flexibility index (Phi) is 5.83. The fraction of sp³-hybridized carbons (Fsp3) is 0.0588. The summed E-state index contributed by atoms with van der Waals surface area (Å²) < 4.78 is 24.6. The van der Waals surface area contributed by atoms with E-state index in [-0.39, 0.29) is 14.9 Å². The Morgan fingerprint density at radius 2 is 1.78 bits per heavy atom. The van der Waals surface area contributed by atoms with Crippen LogP contribution in [0.25, 0.3) is 10.6 Å². The number of carbonyl (C=O) groups excluding carboxylic acids is 1. The maximum atomic E-state index is 12.4. The molecule has 3 aromatic rings. The summed E-state index contributed by atoms with van der Waals surface area (Å²) in [5, 5.41) is 0.996. The first-order chi connectivity index (χ1) is 12.8. The summed E-state index contributed by atoms with van der Waals surface area (Å²) in [4.78, 5) is 19.0. The quantitative estimate of drug-likeness (QED) is 0.584. The first kappa shape index (κ1) is 19.8. The molecule has 0 aliphatic rings. The molecule has 0 saturated carbocycles. The number of sulfonamides is 1. The molecule has 10 heteroatoms. The molecule has 3 rings (SSSR count). The third kappa shape index (κ3) is 4.48. The van der Waals surface area contributed by atoms with Gasteiger partial charge in [-0.25, -0.2) is 13.4 Å². The van der Waals surface area contributed by atoms with E-state index >= 15 is 0 Å². The highest BCUT2D eigenvalue weighted by atomic mass is 35.5. The SMILES string of the molecule is Cc1nc(-c2ccccc2)sc1C(=O)NNS(=O)(=O)c1ccc(Cl)c(Cl)c1. The molecule has 6 nitrogen and oxygen atoms in total. The van der Waals surface area contributed by atoms with Crippen molar-refractivity contribution in [3.05, 3.63) is 69.1 Å². The smallest absolute Gasteiger partial charge is 0.273 e. The molecule has 27 heavy (non-hydrogen) atoms. The zero-order valence-electron chi connectivity index (χ0n) is 13.9. The summed E-state index contributed by atoms with van der Waals surface area (Å²) in [6, 6.07) is 13.2. The van der Waals surface area contributed by atoms with Crippen molar-refractivity contribution in [3.8, 4) is 10.6 Å². The summed E-state index contributed by atoms with van der Waals surface area (Å²) in [6.45, 7) is 1.69. The Balaban J connectivity index is 1.76. The van der Waals surface area contributed by atoms with Gasteiger partial charge in [0.2, 0.25) is 0 Å². The molecule has 0 aliphatic carbocycles. The summed E-state index contributed by atoms with van der Waals surface area (Å²) in [5.41, 5.74) is 3.58. The molecule has 0 spiro atoms. The van der Waals surface area contributed by atoms with Crippen molar-refractivity contribution < 1.29 is 13.2 Å². The van der Waals surface area contributed by atoms with Crippen LogP contribution in [0.5, 0.6) is 0 Å². The maximum Gasteiger partial charge on any atom is 0.278 e. The molecule has 140 valence electrons. The van der Waals surface area contributed by atoms with Crippen molar-refractivity contribution in [1.82, 2.24) is 15.2 Å². The highest BCUT2D eigenvalue weighted by Crippen LogP contribution is 2.28. The van der Waals surface area contributed by atoms with E-state index < -0.39 is 15.9 Å². The average molecular weight is 442 g/mol. The predicted molar refractivity (Wildman–Crippen MR) is 107 cm³/mol. The number of hydrogen-bond acceptors (Lipinski definition) is 5. The number of aryl methyl sites for hydroxylation is 1. The zero-order chi connectivity index (χ0) is 19.6. The molecule has 2 aromatic carbocycles. The largest absolute Gasteiger partial charge is 0.278 e. The van der Waals surface area contributed by atoms with Gasteiger partial charge in [-0.15, -0.1) is 16.2 Å². The minimum atomic E-state index is -4.00. The second-order valence-electron chi connectivity index (χ2n) is 5.44. The summed E-state index contributed by atoms with van der Waals surface area (Å²) >= 11 is 12.8. The third-order valence-corrected chi connectivity index (χ3v) is 6.71. The van der Waals surface area contributed by atoms with Gasteiger partial charge in [0, 0.05) is 5.56 Å². The molecular weight excluding hydrogens is 429 g/mol. The van der Waals surface area contributed by atoms with Gasteiger partial charge in [-0.2, -0.15) is 0 Å². The van der Waals surface area contributed by atoms with Crippen LogP contribution in [0.2, 0.25) is 10.0 Å². The van der Waals surface area contributed by atoms with Crippen molar-refractivity contribution in [2.75, 3.05) is 0 Å². The first-order valence-electron chi connectivity index (χ1n) is 7.58. The van der Waals surface area contributed by atoms with E-state index in [1.54, 1.807) is 6.92 Å². The average Bonchev–Trinajstić information content (AvgIpc) is 3.04. The number of hydrazine groups is 1. The minimum Gasteiger partial charge on any atom is -0.273 e. The number of nitrogens with one attached hydrogen (secondary N) is 2. The standard InChI is InChI=1S/C17H13Cl2N3O3S2/c1-10-15(26-17(20-10)11-5-3-2-4-6-11)16(23)21-22-27(24,25)12-7-8-13(18)14(19)9-12/h2-9,22H,1H3,(H,21,23). The zero-order valence-corrected chi connectivity index (χ0v) is 17.0. The summed E-state index contributed by atoms with van der Waals surface area (Å²) in [6.07, 6.45) is 0. The summed E-state index contributed by atoms with van der Waals surface area (Å²) in [7, 11) is -4.00. The van der Waals surface area contributed by atoms with Crippen LogP contribution >= 0.6 is 34.5 Å². The second kappa shape index (κ2) is 7.95. The van der Waals surface area contributed by atoms with E-state index in [0.717, 1.165) is 5.56 Å². The first-order valence-corrected chi connectivity index (χ1v) is 10.6. The highest BCUT2D eigenvalue weighted by molar-refractivity contribution is 7.89. The fourth-order valence-electron chi connectivity index (χ4n) is 2.18. The Morgan fingerprint density at radius 3 is 2.44 bits per heavy atom.